The van der Waals surface area contributed by atoms with Crippen molar-refractivity contribution in [1.29, 1.82) is 0 Å². The second kappa shape index (κ2) is 8.87. The van der Waals surface area contributed by atoms with Gasteiger partial charge in [-0.25, -0.2) is 4.79 Å². The first-order valence-corrected chi connectivity index (χ1v) is 8.34. The Morgan fingerprint density at radius 3 is 2.28 bits per heavy atom. The third kappa shape index (κ3) is 5.64. The SMILES string of the molecule is CC(NC(=O)OCc1ccccc1)C(=O)Nc1ccccc1C(C)C. The van der Waals surface area contributed by atoms with Gasteiger partial charge in [-0.15, -0.1) is 0 Å². The van der Waals surface area contributed by atoms with Gasteiger partial charge in [-0.1, -0.05) is 62.4 Å². The van der Waals surface area contributed by atoms with E-state index in [-0.39, 0.29) is 18.4 Å². The molecule has 2 aromatic carbocycles. The van der Waals surface area contributed by atoms with E-state index >= 15 is 0 Å². The molecule has 0 saturated heterocycles. The molecular weight excluding hydrogens is 316 g/mol. The van der Waals surface area contributed by atoms with Gasteiger partial charge in [-0.3, -0.25) is 4.79 Å². The molecule has 0 bridgehead atoms. The highest BCUT2D eigenvalue weighted by Gasteiger charge is 2.18. The molecule has 1 atom stereocenters. The van der Waals surface area contributed by atoms with Crippen LogP contribution in [0.1, 0.15) is 37.8 Å². The average Bonchev–Trinajstić information content (AvgIpc) is 2.61. The maximum atomic E-state index is 12.3. The fraction of sp³-hybridized carbons (Fsp3) is 0.300. The molecule has 25 heavy (non-hydrogen) atoms. The zero-order chi connectivity index (χ0) is 18.2. The minimum absolute atomic E-state index is 0.164. The summed E-state index contributed by atoms with van der Waals surface area (Å²) in [6.07, 6.45) is -0.622. The molecule has 0 aliphatic heterocycles. The number of ether oxygens (including phenoxy) is 1. The van der Waals surface area contributed by atoms with Crippen molar-refractivity contribution in [2.45, 2.75) is 39.3 Å². The summed E-state index contributed by atoms with van der Waals surface area (Å²) >= 11 is 0. The number of hydrogen-bond acceptors (Lipinski definition) is 3. The van der Waals surface area contributed by atoms with Crippen LogP contribution in [0.5, 0.6) is 0 Å². The van der Waals surface area contributed by atoms with E-state index < -0.39 is 12.1 Å². The molecule has 2 N–H and O–H groups in total. The van der Waals surface area contributed by atoms with Crippen molar-refractivity contribution in [2.75, 3.05) is 5.32 Å². The maximum Gasteiger partial charge on any atom is 0.408 e. The van der Waals surface area contributed by atoms with Gasteiger partial charge in [0.2, 0.25) is 5.91 Å². The van der Waals surface area contributed by atoms with Crippen LogP contribution in [0, 0.1) is 0 Å². The summed E-state index contributed by atoms with van der Waals surface area (Å²) in [4.78, 5) is 24.2. The molecule has 132 valence electrons. The second-order valence-electron chi connectivity index (χ2n) is 6.16. The topological polar surface area (TPSA) is 67.4 Å². The van der Waals surface area contributed by atoms with Gasteiger partial charge < -0.3 is 15.4 Å². The van der Waals surface area contributed by atoms with Crippen molar-refractivity contribution in [3.05, 3.63) is 65.7 Å². The Kier molecular flexibility index (Phi) is 6.57. The van der Waals surface area contributed by atoms with Crippen LogP contribution in [0.25, 0.3) is 0 Å². The Bertz CT molecular complexity index is 714. The van der Waals surface area contributed by atoms with E-state index in [0.29, 0.717) is 0 Å². The number of nitrogens with one attached hydrogen (secondary N) is 2. The molecule has 0 aliphatic rings. The third-order valence-corrected chi connectivity index (χ3v) is 3.78. The van der Waals surface area contributed by atoms with Crippen LogP contribution in [0.15, 0.2) is 54.6 Å². The van der Waals surface area contributed by atoms with Crippen LogP contribution in [-0.2, 0) is 16.1 Å². The molecule has 0 radical (unpaired) electrons. The monoisotopic (exact) mass is 340 g/mol. The Morgan fingerprint density at radius 1 is 0.960 bits per heavy atom. The number of para-hydroxylation sites is 1. The standard InChI is InChI=1S/C20H24N2O3/c1-14(2)17-11-7-8-12-18(17)22-19(23)15(3)21-20(24)25-13-16-9-5-4-6-10-16/h4-12,14-15H,13H2,1-3H3,(H,21,24)(H,22,23). The Hall–Kier alpha value is -2.82. The smallest absolute Gasteiger partial charge is 0.408 e. The van der Waals surface area contributed by atoms with Crippen molar-refractivity contribution in [2.24, 2.45) is 0 Å². The van der Waals surface area contributed by atoms with E-state index in [4.69, 9.17) is 4.74 Å². The zero-order valence-corrected chi connectivity index (χ0v) is 14.8. The van der Waals surface area contributed by atoms with Crippen LogP contribution in [0.2, 0.25) is 0 Å². The highest BCUT2D eigenvalue weighted by molar-refractivity contribution is 5.96. The number of rotatable bonds is 6. The number of anilines is 1. The number of hydrogen-bond donors (Lipinski definition) is 2. The molecule has 1 unspecified atom stereocenters. The van der Waals surface area contributed by atoms with Gasteiger partial charge >= 0.3 is 6.09 Å². The van der Waals surface area contributed by atoms with Gasteiger partial charge in [0.15, 0.2) is 0 Å². The fourth-order valence-corrected chi connectivity index (χ4v) is 2.36. The zero-order valence-electron chi connectivity index (χ0n) is 14.8. The first-order valence-electron chi connectivity index (χ1n) is 8.34. The van der Waals surface area contributed by atoms with E-state index in [1.807, 2.05) is 54.6 Å². The Balaban J connectivity index is 1.87. The lowest BCUT2D eigenvalue weighted by atomic mass is 10.0. The van der Waals surface area contributed by atoms with Crippen molar-refractivity contribution in [3.63, 3.8) is 0 Å². The number of amides is 2. The molecule has 5 nitrogen and oxygen atoms in total. The van der Waals surface area contributed by atoms with Crippen molar-refractivity contribution in [3.8, 4) is 0 Å². The first kappa shape index (κ1) is 18.5. The minimum atomic E-state index is -0.705. The van der Waals surface area contributed by atoms with Gasteiger partial charge in [0.1, 0.15) is 12.6 Å². The number of carbonyl (C=O) groups excluding carboxylic acids is 2. The van der Waals surface area contributed by atoms with Gasteiger partial charge in [0.25, 0.3) is 0 Å². The van der Waals surface area contributed by atoms with E-state index in [9.17, 15) is 9.59 Å². The highest BCUT2D eigenvalue weighted by Crippen LogP contribution is 2.23. The van der Waals surface area contributed by atoms with Gasteiger partial charge in [0.05, 0.1) is 0 Å². The lowest BCUT2D eigenvalue weighted by Gasteiger charge is -2.17. The van der Waals surface area contributed by atoms with Gasteiger partial charge in [-0.05, 0) is 30.0 Å². The molecule has 0 aromatic heterocycles. The molecule has 0 heterocycles. The predicted octanol–water partition coefficient (Wildman–Crippen LogP) is 4.06. The summed E-state index contributed by atoms with van der Waals surface area (Å²) in [6.45, 7) is 5.91. The first-order chi connectivity index (χ1) is 12.0. The van der Waals surface area contributed by atoms with Crippen LogP contribution < -0.4 is 10.6 Å². The molecule has 0 aliphatic carbocycles. The summed E-state index contributed by atoms with van der Waals surface area (Å²) in [5.74, 6) is 0.000337. The average molecular weight is 340 g/mol. The summed E-state index contributed by atoms with van der Waals surface area (Å²) in [7, 11) is 0. The van der Waals surface area contributed by atoms with Crippen LogP contribution in [0.3, 0.4) is 0 Å². The summed E-state index contributed by atoms with van der Waals surface area (Å²) < 4.78 is 5.13. The molecule has 0 fully saturated rings. The van der Waals surface area contributed by atoms with E-state index in [2.05, 4.69) is 24.5 Å². The lowest BCUT2D eigenvalue weighted by Crippen LogP contribution is -2.41. The van der Waals surface area contributed by atoms with E-state index in [1.165, 1.54) is 0 Å². The normalized spacial score (nSPS) is 11.7. The number of alkyl carbamates (subject to hydrolysis) is 1. The Morgan fingerprint density at radius 2 is 1.60 bits per heavy atom. The second-order valence-corrected chi connectivity index (χ2v) is 6.16. The quantitative estimate of drug-likeness (QED) is 0.833. The highest BCUT2D eigenvalue weighted by atomic mass is 16.5. The molecule has 2 aromatic rings. The summed E-state index contributed by atoms with van der Waals surface area (Å²) in [5, 5.41) is 5.41. The molecule has 2 amide bonds. The summed E-state index contributed by atoms with van der Waals surface area (Å²) in [5.41, 5.74) is 2.70. The molecule has 5 heteroatoms. The fourth-order valence-electron chi connectivity index (χ4n) is 2.36. The number of benzene rings is 2. The van der Waals surface area contributed by atoms with E-state index in [0.717, 1.165) is 16.8 Å². The third-order valence-electron chi connectivity index (χ3n) is 3.78. The largest absolute Gasteiger partial charge is 0.445 e. The van der Waals surface area contributed by atoms with Crippen molar-refractivity contribution >= 4 is 17.7 Å². The molecule has 0 saturated carbocycles. The van der Waals surface area contributed by atoms with Gasteiger partial charge in [0, 0.05) is 5.69 Å². The molecular formula is C20H24N2O3. The van der Waals surface area contributed by atoms with Crippen molar-refractivity contribution in [1.82, 2.24) is 5.32 Å². The van der Waals surface area contributed by atoms with Crippen molar-refractivity contribution < 1.29 is 14.3 Å². The lowest BCUT2D eigenvalue weighted by molar-refractivity contribution is -0.117. The predicted molar refractivity (Wildman–Crippen MR) is 98.4 cm³/mol. The van der Waals surface area contributed by atoms with E-state index in [1.54, 1.807) is 6.92 Å². The van der Waals surface area contributed by atoms with Gasteiger partial charge in [-0.2, -0.15) is 0 Å². The maximum absolute atomic E-state index is 12.3. The molecule has 0 spiro atoms. The molecule has 2 rings (SSSR count). The van der Waals surface area contributed by atoms with Crippen LogP contribution in [-0.4, -0.2) is 18.0 Å². The van der Waals surface area contributed by atoms with Crippen LogP contribution >= 0.6 is 0 Å². The number of carbonyl (C=O) groups is 2. The van der Waals surface area contributed by atoms with Crippen LogP contribution in [0.4, 0.5) is 10.5 Å². The Labute approximate surface area is 148 Å². The minimum Gasteiger partial charge on any atom is -0.445 e. The summed E-state index contributed by atoms with van der Waals surface area (Å²) in [6, 6.07) is 16.3.